The van der Waals surface area contributed by atoms with Crippen LogP contribution in [0, 0.1) is 0 Å². The highest BCUT2D eigenvalue weighted by molar-refractivity contribution is 6.05. The standard InChI is InChI=1S/C22H27N3O3/c1-16(25-14-6-3-7-15-25)21(26)23-18-12-10-17(11-13-18)22(27)24-19-8-4-5-9-20(19)28-2/h4-5,8-13,16H,3,6-7,14-15H2,1-2H3,(H,23,26)(H,24,27)/t16-/m1/s1. The Morgan fingerprint density at radius 2 is 1.64 bits per heavy atom. The zero-order valence-corrected chi connectivity index (χ0v) is 16.4. The van der Waals surface area contributed by atoms with Gasteiger partial charge in [0.2, 0.25) is 5.91 Å². The van der Waals surface area contributed by atoms with Gasteiger partial charge in [-0.1, -0.05) is 18.6 Å². The van der Waals surface area contributed by atoms with Gasteiger partial charge in [0.25, 0.3) is 5.91 Å². The predicted molar refractivity (Wildman–Crippen MR) is 111 cm³/mol. The van der Waals surface area contributed by atoms with Crippen molar-refractivity contribution in [2.75, 3.05) is 30.8 Å². The van der Waals surface area contributed by atoms with E-state index in [0.717, 1.165) is 25.9 Å². The van der Waals surface area contributed by atoms with E-state index in [2.05, 4.69) is 15.5 Å². The molecule has 6 heteroatoms. The molecule has 2 amide bonds. The van der Waals surface area contributed by atoms with Gasteiger partial charge in [0.1, 0.15) is 5.75 Å². The largest absolute Gasteiger partial charge is 0.495 e. The van der Waals surface area contributed by atoms with Crippen molar-refractivity contribution in [3.05, 3.63) is 54.1 Å². The number of amides is 2. The summed E-state index contributed by atoms with van der Waals surface area (Å²) < 4.78 is 5.25. The molecule has 2 aromatic carbocycles. The maximum absolute atomic E-state index is 12.5. The Hall–Kier alpha value is -2.86. The topological polar surface area (TPSA) is 70.7 Å². The quantitative estimate of drug-likeness (QED) is 0.799. The number of rotatable bonds is 6. The average Bonchev–Trinajstić information content (AvgIpc) is 2.74. The fraction of sp³-hybridized carbons (Fsp3) is 0.364. The van der Waals surface area contributed by atoms with Gasteiger partial charge in [-0.15, -0.1) is 0 Å². The van der Waals surface area contributed by atoms with Crippen molar-refractivity contribution in [2.45, 2.75) is 32.2 Å². The molecule has 0 aliphatic carbocycles. The summed E-state index contributed by atoms with van der Waals surface area (Å²) in [4.78, 5) is 27.2. The van der Waals surface area contributed by atoms with Crippen molar-refractivity contribution in [2.24, 2.45) is 0 Å². The minimum atomic E-state index is -0.232. The minimum Gasteiger partial charge on any atom is -0.495 e. The van der Waals surface area contributed by atoms with Crippen molar-refractivity contribution in [3.8, 4) is 5.75 Å². The third kappa shape index (κ3) is 4.89. The van der Waals surface area contributed by atoms with Crippen molar-refractivity contribution in [3.63, 3.8) is 0 Å². The zero-order chi connectivity index (χ0) is 19.9. The highest BCUT2D eigenvalue weighted by atomic mass is 16.5. The van der Waals surface area contributed by atoms with Gasteiger partial charge in [0, 0.05) is 11.3 Å². The molecule has 1 saturated heterocycles. The van der Waals surface area contributed by atoms with Crippen LogP contribution in [0.5, 0.6) is 5.75 Å². The van der Waals surface area contributed by atoms with Crippen LogP contribution in [0.4, 0.5) is 11.4 Å². The lowest BCUT2D eigenvalue weighted by molar-refractivity contribution is -0.121. The summed E-state index contributed by atoms with van der Waals surface area (Å²) >= 11 is 0. The molecule has 0 saturated carbocycles. The van der Waals surface area contributed by atoms with Crippen LogP contribution in [-0.2, 0) is 4.79 Å². The van der Waals surface area contributed by atoms with Gasteiger partial charge in [0.05, 0.1) is 18.8 Å². The Balaban J connectivity index is 1.59. The van der Waals surface area contributed by atoms with Gasteiger partial charge >= 0.3 is 0 Å². The van der Waals surface area contributed by atoms with Gasteiger partial charge in [-0.05, 0) is 69.3 Å². The Kier molecular flexibility index (Phi) is 6.66. The van der Waals surface area contributed by atoms with E-state index in [0.29, 0.717) is 22.7 Å². The summed E-state index contributed by atoms with van der Waals surface area (Å²) in [6.45, 7) is 3.88. The lowest BCUT2D eigenvalue weighted by Gasteiger charge is -2.31. The summed E-state index contributed by atoms with van der Waals surface area (Å²) in [5, 5.41) is 5.78. The first-order valence-electron chi connectivity index (χ1n) is 9.68. The molecule has 148 valence electrons. The highest BCUT2D eigenvalue weighted by Crippen LogP contribution is 2.24. The normalized spacial score (nSPS) is 15.5. The van der Waals surface area contributed by atoms with E-state index >= 15 is 0 Å². The van der Waals surface area contributed by atoms with Crippen LogP contribution in [0.25, 0.3) is 0 Å². The van der Waals surface area contributed by atoms with Crippen LogP contribution >= 0.6 is 0 Å². The van der Waals surface area contributed by atoms with Crippen molar-refractivity contribution in [1.82, 2.24) is 4.90 Å². The van der Waals surface area contributed by atoms with Crippen LogP contribution in [0.1, 0.15) is 36.5 Å². The van der Waals surface area contributed by atoms with E-state index in [1.54, 1.807) is 43.5 Å². The first kappa shape index (κ1) is 19.9. The smallest absolute Gasteiger partial charge is 0.255 e. The van der Waals surface area contributed by atoms with E-state index in [4.69, 9.17) is 4.74 Å². The minimum absolute atomic E-state index is 0.0203. The van der Waals surface area contributed by atoms with Crippen LogP contribution in [-0.4, -0.2) is 43.0 Å². The molecule has 1 atom stereocenters. The van der Waals surface area contributed by atoms with E-state index in [-0.39, 0.29) is 17.9 Å². The SMILES string of the molecule is COc1ccccc1NC(=O)c1ccc(NC(=O)[C@@H](C)N2CCCCC2)cc1. The molecule has 2 N–H and O–H groups in total. The second-order valence-electron chi connectivity index (χ2n) is 6.99. The van der Waals surface area contributed by atoms with Gasteiger partial charge in [0.15, 0.2) is 0 Å². The van der Waals surface area contributed by atoms with Gasteiger partial charge in [-0.2, -0.15) is 0 Å². The molecule has 1 heterocycles. The third-order valence-electron chi connectivity index (χ3n) is 5.09. The fourth-order valence-corrected chi connectivity index (χ4v) is 3.37. The van der Waals surface area contributed by atoms with Crippen molar-refractivity contribution < 1.29 is 14.3 Å². The van der Waals surface area contributed by atoms with E-state index in [1.165, 1.54) is 6.42 Å². The second kappa shape index (κ2) is 9.37. The molecule has 0 radical (unpaired) electrons. The van der Waals surface area contributed by atoms with Gasteiger partial charge < -0.3 is 15.4 Å². The number of ether oxygens (including phenoxy) is 1. The van der Waals surface area contributed by atoms with E-state index in [9.17, 15) is 9.59 Å². The van der Waals surface area contributed by atoms with Crippen molar-refractivity contribution >= 4 is 23.2 Å². The van der Waals surface area contributed by atoms with Gasteiger partial charge in [-0.3, -0.25) is 14.5 Å². The molecule has 1 fully saturated rings. The Bertz CT molecular complexity index is 814. The number of hydrogen-bond donors (Lipinski definition) is 2. The van der Waals surface area contributed by atoms with Crippen LogP contribution in [0.2, 0.25) is 0 Å². The third-order valence-corrected chi connectivity index (χ3v) is 5.09. The summed E-state index contributed by atoms with van der Waals surface area (Å²) in [6.07, 6.45) is 3.53. The molecule has 1 aliphatic rings. The van der Waals surface area contributed by atoms with Crippen LogP contribution in [0.15, 0.2) is 48.5 Å². The number of methoxy groups -OCH3 is 1. The summed E-state index contributed by atoms with van der Waals surface area (Å²) in [5.74, 6) is 0.351. The number of nitrogens with zero attached hydrogens (tertiary/aromatic N) is 1. The molecule has 28 heavy (non-hydrogen) atoms. The molecule has 0 unspecified atom stereocenters. The number of benzene rings is 2. The number of para-hydroxylation sites is 2. The molecule has 2 aromatic rings. The Morgan fingerprint density at radius 3 is 2.32 bits per heavy atom. The summed E-state index contributed by atoms with van der Waals surface area (Å²) in [7, 11) is 1.56. The first-order valence-corrected chi connectivity index (χ1v) is 9.68. The monoisotopic (exact) mass is 381 g/mol. The molecular weight excluding hydrogens is 354 g/mol. The summed E-state index contributed by atoms with van der Waals surface area (Å²) in [6, 6.07) is 14.0. The number of piperidine rings is 1. The lowest BCUT2D eigenvalue weighted by Crippen LogP contribution is -2.44. The summed E-state index contributed by atoms with van der Waals surface area (Å²) in [5.41, 5.74) is 1.80. The maximum atomic E-state index is 12.5. The van der Waals surface area contributed by atoms with E-state index in [1.807, 2.05) is 19.1 Å². The zero-order valence-electron chi connectivity index (χ0n) is 16.4. The number of carbonyl (C=O) groups excluding carboxylic acids is 2. The molecule has 1 aliphatic heterocycles. The molecule has 6 nitrogen and oxygen atoms in total. The number of likely N-dealkylation sites (tertiary alicyclic amines) is 1. The van der Waals surface area contributed by atoms with E-state index < -0.39 is 0 Å². The molecule has 0 spiro atoms. The van der Waals surface area contributed by atoms with Crippen LogP contribution < -0.4 is 15.4 Å². The van der Waals surface area contributed by atoms with Gasteiger partial charge in [-0.25, -0.2) is 0 Å². The number of anilines is 2. The Labute approximate surface area is 165 Å². The highest BCUT2D eigenvalue weighted by Gasteiger charge is 2.22. The number of nitrogens with one attached hydrogen (secondary N) is 2. The lowest BCUT2D eigenvalue weighted by atomic mass is 10.1. The maximum Gasteiger partial charge on any atom is 0.255 e. The van der Waals surface area contributed by atoms with Crippen molar-refractivity contribution in [1.29, 1.82) is 0 Å². The number of hydrogen-bond acceptors (Lipinski definition) is 4. The molecular formula is C22H27N3O3. The molecule has 3 rings (SSSR count). The molecule has 0 bridgehead atoms. The predicted octanol–water partition coefficient (Wildman–Crippen LogP) is 3.76. The second-order valence-corrected chi connectivity index (χ2v) is 6.99. The average molecular weight is 381 g/mol. The molecule has 0 aromatic heterocycles. The van der Waals surface area contributed by atoms with Crippen LogP contribution in [0.3, 0.4) is 0 Å². The number of carbonyl (C=O) groups is 2. The first-order chi connectivity index (χ1) is 13.6. The fourth-order valence-electron chi connectivity index (χ4n) is 3.37. The Morgan fingerprint density at radius 1 is 0.964 bits per heavy atom.